The molecule has 116 heavy (non-hydrogen) atoms. The molecule has 8 fully saturated rings. The maximum Gasteiger partial charge on any atom is 0.163 e. The zero-order chi connectivity index (χ0) is 80.1. The van der Waals surface area contributed by atoms with Gasteiger partial charge in [0.2, 0.25) is 0 Å². The van der Waals surface area contributed by atoms with E-state index in [4.69, 9.17) is 56.6 Å². The fourth-order valence-corrected chi connectivity index (χ4v) is 19.0. The van der Waals surface area contributed by atoms with Crippen LogP contribution in [0.3, 0.4) is 0 Å². The molecule has 6 aliphatic heterocycles. The fourth-order valence-electron chi connectivity index (χ4n) is 19.0. The summed E-state index contributed by atoms with van der Waals surface area (Å²) in [4.78, 5) is 32.1. The van der Waals surface area contributed by atoms with Crippen molar-refractivity contribution in [1.82, 2.24) is 49.3 Å². The highest BCUT2D eigenvalue weighted by atomic mass is 16.5. The number of anilines is 3. The Balaban J connectivity index is 0.000000137. The maximum atomic E-state index is 6.28. The summed E-state index contributed by atoms with van der Waals surface area (Å²) in [6.07, 6.45) is 25.0. The van der Waals surface area contributed by atoms with Crippen molar-refractivity contribution in [2.45, 2.75) is 173 Å². The minimum Gasteiger partial charge on any atom is -0.493 e. The van der Waals surface area contributed by atoms with Gasteiger partial charge in [-0.25, -0.2) is 15.0 Å². The number of piperidine rings is 3. The van der Waals surface area contributed by atoms with Crippen LogP contribution in [0.2, 0.25) is 0 Å². The molecule has 2 saturated carbocycles. The first-order valence-corrected chi connectivity index (χ1v) is 44.0. The van der Waals surface area contributed by atoms with Gasteiger partial charge in [0, 0.05) is 102 Å². The highest BCUT2D eigenvalue weighted by molar-refractivity contribution is 5.98. The highest BCUT2D eigenvalue weighted by Crippen LogP contribution is 2.53. The molecule has 3 N–H and O–H groups in total. The molecule has 1 unspecified atom stereocenters. The van der Waals surface area contributed by atoms with Crippen molar-refractivity contribution in [3.8, 4) is 68.9 Å². The molecular weight excluding hydrogens is 1460 g/mol. The van der Waals surface area contributed by atoms with E-state index in [1.165, 1.54) is 155 Å². The number of fused-ring (bicyclic) bond motifs is 3. The van der Waals surface area contributed by atoms with Crippen LogP contribution in [0.25, 0.3) is 67.1 Å². The minimum atomic E-state index is 0.394. The molecule has 2 spiro atoms. The van der Waals surface area contributed by atoms with E-state index < -0.39 is 0 Å². The Hall–Kier alpha value is -8.35. The second-order valence-electron chi connectivity index (χ2n) is 34.9. The molecule has 3 aromatic carbocycles. The van der Waals surface area contributed by atoms with Crippen molar-refractivity contribution in [3.05, 3.63) is 108 Å². The summed E-state index contributed by atoms with van der Waals surface area (Å²) in [5, 5.41) is 14.9. The number of benzene rings is 3. The van der Waals surface area contributed by atoms with Gasteiger partial charge in [-0.3, -0.25) is 0 Å². The van der Waals surface area contributed by atoms with E-state index in [-0.39, 0.29) is 0 Å². The van der Waals surface area contributed by atoms with E-state index in [0.717, 1.165) is 220 Å². The second-order valence-corrected chi connectivity index (χ2v) is 34.9. The normalized spacial score (nSPS) is 19.6. The number of aromatic nitrogens is 3. The van der Waals surface area contributed by atoms with Gasteiger partial charge in [-0.2, -0.15) is 0 Å². The van der Waals surface area contributed by atoms with Crippen LogP contribution in [-0.4, -0.2) is 242 Å². The Kier molecular flexibility index (Phi) is 27.5. The van der Waals surface area contributed by atoms with Crippen molar-refractivity contribution in [2.24, 2.45) is 10.8 Å². The van der Waals surface area contributed by atoms with Gasteiger partial charge in [0.1, 0.15) is 34.4 Å². The van der Waals surface area contributed by atoms with Gasteiger partial charge in [0.25, 0.3) is 0 Å². The monoisotopic (exact) mass is 1590 g/mol. The molecule has 0 amide bonds. The largest absolute Gasteiger partial charge is 0.493 e. The van der Waals surface area contributed by atoms with Gasteiger partial charge in [-0.05, 0) is 319 Å². The van der Waals surface area contributed by atoms with Crippen molar-refractivity contribution < 1.29 is 41.7 Å². The lowest BCUT2D eigenvalue weighted by Gasteiger charge is -2.54. The van der Waals surface area contributed by atoms with Crippen molar-refractivity contribution in [1.29, 1.82) is 0 Å². The topological polar surface area (TPSA) is 192 Å². The molecular formula is C94H131N13O9. The molecule has 1 atom stereocenters. The van der Waals surface area contributed by atoms with Crippen molar-refractivity contribution >= 4 is 49.8 Å². The highest BCUT2D eigenvalue weighted by Gasteiger charge is 2.48. The maximum absolute atomic E-state index is 6.28. The molecule has 626 valence electrons. The molecule has 0 radical (unpaired) electrons. The van der Waals surface area contributed by atoms with E-state index in [2.05, 4.69) is 134 Å². The smallest absolute Gasteiger partial charge is 0.163 e. The van der Waals surface area contributed by atoms with Crippen LogP contribution < -0.4 is 44.4 Å². The van der Waals surface area contributed by atoms with Crippen LogP contribution in [0.15, 0.2) is 104 Å². The number of pyridine rings is 3. The average molecular weight is 1590 g/mol. The lowest BCUT2D eigenvalue weighted by molar-refractivity contribution is 0.0275. The van der Waals surface area contributed by atoms with Gasteiger partial charge in [0.05, 0.1) is 64.2 Å². The van der Waals surface area contributed by atoms with Gasteiger partial charge in [-0.1, -0.05) is 13.8 Å². The van der Waals surface area contributed by atoms with Crippen molar-refractivity contribution in [2.75, 3.05) is 191 Å². The van der Waals surface area contributed by atoms with Gasteiger partial charge in [-0.15, -0.1) is 0 Å². The molecule has 0 bridgehead atoms. The number of aryl methyl sites for hydroxylation is 2. The van der Waals surface area contributed by atoms with E-state index in [1.54, 1.807) is 21.3 Å². The number of rotatable bonds is 31. The molecule has 22 nitrogen and oxygen atoms in total. The molecule has 6 aromatic heterocycles. The molecule has 17 rings (SSSR count). The molecule has 22 heteroatoms. The van der Waals surface area contributed by atoms with Crippen LogP contribution in [0.5, 0.6) is 34.5 Å². The van der Waals surface area contributed by atoms with Crippen molar-refractivity contribution in [3.63, 3.8) is 0 Å². The van der Waals surface area contributed by atoms with Gasteiger partial charge >= 0.3 is 0 Å². The molecule has 8 aliphatic rings. The number of ether oxygens (including phenoxy) is 6. The Morgan fingerprint density at radius 2 is 0.784 bits per heavy atom. The summed E-state index contributed by atoms with van der Waals surface area (Å²) in [7, 11) is 15.9. The van der Waals surface area contributed by atoms with Gasteiger partial charge < -0.3 is 91.9 Å². The Morgan fingerprint density at radius 1 is 0.414 bits per heavy atom. The van der Waals surface area contributed by atoms with Crippen LogP contribution in [0.4, 0.5) is 17.1 Å². The zero-order valence-electron chi connectivity index (χ0n) is 71.3. The first-order chi connectivity index (χ1) is 56.6. The molecule has 9 aromatic rings. The number of hydrogen-bond donors (Lipinski definition) is 3. The number of furan rings is 3. The average Bonchev–Trinajstić information content (AvgIpc) is 1.52. The first-order valence-electron chi connectivity index (χ1n) is 44.0. The number of nitrogens with zero attached hydrogens (tertiary/aromatic N) is 10. The van der Waals surface area contributed by atoms with E-state index in [1.807, 2.05) is 56.6 Å². The summed E-state index contributed by atoms with van der Waals surface area (Å²) in [6.45, 7) is 24.5. The third-order valence-electron chi connectivity index (χ3n) is 26.2. The predicted octanol–water partition coefficient (Wildman–Crippen LogP) is 17.4. The Bertz CT molecular complexity index is 4660. The summed E-state index contributed by atoms with van der Waals surface area (Å²) in [5.74, 6) is 9.77. The third-order valence-corrected chi connectivity index (χ3v) is 26.2. The van der Waals surface area contributed by atoms with Crippen LogP contribution in [0.1, 0.15) is 153 Å². The molecule has 12 heterocycles. The second kappa shape index (κ2) is 38.6. The van der Waals surface area contributed by atoms with Gasteiger partial charge in [0.15, 0.2) is 51.8 Å². The minimum absolute atomic E-state index is 0.394. The number of nitrogens with one attached hydrogen (secondary N) is 3. The van der Waals surface area contributed by atoms with Crippen LogP contribution in [-0.2, 0) is 19.4 Å². The van der Waals surface area contributed by atoms with Crippen LogP contribution in [0, 0.1) is 10.8 Å². The first kappa shape index (κ1) is 82.7. The zero-order valence-corrected chi connectivity index (χ0v) is 71.3. The summed E-state index contributed by atoms with van der Waals surface area (Å²) < 4.78 is 54.6. The molecule has 6 saturated heterocycles. The van der Waals surface area contributed by atoms with E-state index >= 15 is 0 Å². The standard InChI is InChI=1S/2C32H44N4O3.C30H43N5O3/c1-4-24-8-9-29(39-24)28-19-26(33-23-21-32(22-23)10-15-35(2)16-11-32)25-18-30(37-3)31(20-27(25)34-28)38-17-7-14-36-12-5-6-13-36;1-4-23-8-9-28(39-23)27-21-25(34-31-10-11-32(31)12-17-35(2)18-13-32)24-20-29(37-3)30(22-26(24)33-27)38-19-7-16-36-14-5-6-15-36;1-33(2)21-23-8-9-28(38-23)27-19-25(31-22-10-15-34(3)16-11-22)24-18-29(36-4)30(20-26(24)32-27)37-17-7-14-35-12-5-6-13-35/h8-9,18-20,23H,4-7,10-17,21-22H2,1-3H3,(H,33,34);8-9,20-22,31H,4-7,10-19H2,1-3H3,(H,33,34);8-9,18-20,22H,5-7,10-17,21H2,1-4H3,(H,31,32). The third kappa shape index (κ3) is 20.3. The summed E-state index contributed by atoms with van der Waals surface area (Å²) in [5.41, 5.74) is 9.36. The summed E-state index contributed by atoms with van der Waals surface area (Å²) in [6, 6.07) is 32.4. The Labute approximate surface area is 688 Å². The lowest BCUT2D eigenvalue weighted by atomic mass is 9.59. The SMILES string of the molecule is CCc1ccc(-c2cc(NC3CC4(CCN(C)CC4)C3)c3cc(OC)c(OCCCN4CCCC4)cc3n2)o1.CCc1ccc(-c2cc(NC3CCC34CCN(C)CC4)c3cc(OC)c(OCCCN4CCCC4)cc3n2)o1.COc1cc2c(NC3CCN(C)CC3)cc(-c3ccc(CN(C)C)o3)nc2cc1OCCCN1CCCC1. The quantitative estimate of drug-likeness (QED) is 0.0347. The predicted molar refractivity (Wildman–Crippen MR) is 467 cm³/mol. The summed E-state index contributed by atoms with van der Waals surface area (Å²) >= 11 is 0. The van der Waals surface area contributed by atoms with E-state index in [0.29, 0.717) is 48.8 Å². The number of likely N-dealkylation sites (tertiary alicyclic amines) is 6. The van der Waals surface area contributed by atoms with Crippen LogP contribution >= 0.6 is 0 Å². The van der Waals surface area contributed by atoms with E-state index in [9.17, 15) is 0 Å². The lowest BCUT2D eigenvalue weighted by Crippen LogP contribution is -2.54. The molecule has 2 aliphatic carbocycles. The number of methoxy groups -OCH3 is 3. The fraction of sp³-hybridized carbons (Fsp3) is 0.585. The Morgan fingerprint density at radius 3 is 1.16 bits per heavy atom. The number of hydrogen-bond acceptors (Lipinski definition) is 22.